The molecule has 0 aromatic heterocycles. The van der Waals surface area contributed by atoms with Gasteiger partial charge < -0.3 is 9.53 Å². The van der Waals surface area contributed by atoms with Crippen molar-refractivity contribution in [3.05, 3.63) is 0 Å². The minimum Gasteiger partial charge on any atom is -0.409 e. The van der Waals surface area contributed by atoms with Crippen molar-refractivity contribution in [2.24, 2.45) is 0 Å². The first-order chi connectivity index (χ1) is 5.81. The molecule has 0 aromatic rings. The molecule has 1 N–H and O–H groups in total. The quantitative estimate of drug-likeness (QED) is 0.539. The van der Waals surface area contributed by atoms with Gasteiger partial charge in [-0.25, -0.2) is 9.78 Å². The Morgan fingerprint density at radius 3 is 2.46 bits per heavy atom. The second-order valence-corrected chi connectivity index (χ2v) is 9.08. The molecule has 5 heteroatoms. The van der Waals surface area contributed by atoms with E-state index in [0.717, 1.165) is 0 Å². The first kappa shape index (κ1) is 11.1. The molecule has 0 radical (unpaired) electrons. The van der Waals surface area contributed by atoms with Crippen LogP contribution < -0.4 is 0 Å². The molecule has 0 aromatic carbocycles. The van der Waals surface area contributed by atoms with Crippen LogP contribution in [0, 0.1) is 0 Å². The van der Waals surface area contributed by atoms with Crippen LogP contribution in [0.1, 0.15) is 6.92 Å². The highest BCUT2D eigenvalue weighted by atomic mass is 28.4. The van der Waals surface area contributed by atoms with Gasteiger partial charge >= 0.3 is 0 Å². The molecule has 1 heterocycles. The second-order valence-electron chi connectivity index (χ2n) is 4.62. The Morgan fingerprint density at radius 2 is 2.00 bits per heavy atom. The van der Waals surface area contributed by atoms with Gasteiger partial charge in [-0.05, 0) is 26.6 Å². The first-order valence-corrected chi connectivity index (χ1v) is 7.87. The molecule has 1 rings (SSSR count). The minimum absolute atomic E-state index is 0.169. The summed E-state index contributed by atoms with van der Waals surface area (Å²) < 4.78 is 5.78. The molecule has 0 spiro atoms. The van der Waals surface area contributed by atoms with E-state index >= 15 is 0 Å². The third kappa shape index (κ3) is 3.36. The van der Waals surface area contributed by atoms with E-state index in [-0.39, 0.29) is 12.7 Å². The maximum absolute atomic E-state index is 9.89. The third-order valence-electron chi connectivity index (χ3n) is 1.84. The van der Waals surface area contributed by atoms with Crippen LogP contribution in [0.15, 0.2) is 0 Å². The Balaban J connectivity index is 2.56. The molecule has 78 valence electrons. The topological polar surface area (TPSA) is 47.9 Å². The Kier molecular flexibility index (Phi) is 3.14. The molecule has 2 atom stereocenters. The summed E-state index contributed by atoms with van der Waals surface area (Å²) in [5.41, 5.74) is -0.932. The summed E-state index contributed by atoms with van der Waals surface area (Å²) in [5.74, 6) is 0. The Bertz CT molecular complexity index is 175. The summed E-state index contributed by atoms with van der Waals surface area (Å²) in [4.78, 5) is 9.52. The summed E-state index contributed by atoms with van der Waals surface area (Å²) >= 11 is 0. The zero-order valence-corrected chi connectivity index (χ0v) is 9.66. The number of rotatable bonds is 2. The van der Waals surface area contributed by atoms with Crippen LogP contribution in [0.5, 0.6) is 0 Å². The van der Waals surface area contributed by atoms with E-state index < -0.39 is 13.9 Å². The predicted octanol–water partition coefficient (Wildman–Crippen LogP) is 0.919. The highest BCUT2D eigenvalue weighted by Gasteiger charge is 2.39. The van der Waals surface area contributed by atoms with Crippen molar-refractivity contribution >= 4 is 8.32 Å². The number of hydrogen-bond donors (Lipinski definition) is 1. The van der Waals surface area contributed by atoms with Crippen LogP contribution in [-0.4, -0.2) is 38.3 Å². The van der Waals surface area contributed by atoms with Gasteiger partial charge in [0.25, 0.3) is 0 Å². The van der Waals surface area contributed by atoms with Gasteiger partial charge in [0, 0.05) is 0 Å². The Hall–Kier alpha value is 0.0569. The third-order valence-corrected chi connectivity index (χ3v) is 2.83. The molecular formula is C8H18O4Si. The van der Waals surface area contributed by atoms with Gasteiger partial charge in [0.1, 0.15) is 24.9 Å². The van der Waals surface area contributed by atoms with E-state index in [9.17, 15) is 5.11 Å². The smallest absolute Gasteiger partial charge is 0.184 e. The zero-order valence-electron chi connectivity index (χ0n) is 8.66. The lowest BCUT2D eigenvalue weighted by Crippen LogP contribution is -2.54. The SMILES string of the molecule is C[C@]1(O)COOC[C@H]1O[Si](C)(C)C. The lowest BCUT2D eigenvalue weighted by atomic mass is 10.0. The van der Waals surface area contributed by atoms with Gasteiger partial charge in [-0.3, -0.25) is 0 Å². The summed E-state index contributed by atoms with van der Waals surface area (Å²) in [7, 11) is -1.63. The molecule has 0 unspecified atom stereocenters. The monoisotopic (exact) mass is 206 g/mol. The van der Waals surface area contributed by atoms with E-state index in [4.69, 9.17) is 14.2 Å². The molecule has 1 fully saturated rings. The van der Waals surface area contributed by atoms with E-state index in [1.807, 2.05) is 0 Å². The predicted molar refractivity (Wildman–Crippen MR) is 50.7 cm³/mol. The largest absolute Gasteiger partial charge is 0.409 e. The standard InChI is InChI=1S/C8H18O4Si/c1-8(9)6-11-10-5-7(8)12-13(2,3)4/h7,9H,5-6H2,1-4H3/t7-,8+/m1/s1. The molecule has 13 heavy (non-hydrogen) atoms. The molecule has 4 nitrogen and oxygen atoms in total. The lowest BCUT2D eigenvalue weighted by molar-refractivity contribution is -0.367. The molecule has 0 amide bonds. The van der Waals surface area contributed by atoms with Crippen molar-refractivity contribution in [3.63, 3.8) is 0 Å². The lowest BCUT2D eigenvalue weighted by Gasteiger charge is -2.38. The first-order valence-electron chi connectivity index (χ1n) is 4.46. The highest BCUT2D eigenvalue weighted by Crippen LogP contribution is 2.22. The number of aliphatic hydroxyl groups is 1. The zero-order chi connectivity index (χ0) is 10.1. The van der Waals surface area contributed by atoms with Crippen molar-refractivity contribution < 1.29 is 19.3 Å². The summed E-state index contributed by atoms with van der Waals surface area (Å²) in [5, 5.41) is 9.89. The van der Waals surface area contributed by atoms with Crippen LogP contribution in [0.25, 0.3) is 0 Å². The fourth-order valence-electron chi connectivity index (χ4n) is 1.13. The fourth-order valence-corrected chi connectivity index (χ4v) is 2.31. The molecular weight excluding hydrogens is 188 g/mol. The van der Waals surface area contributed by atoms with E-state index in [1.54, 1.807) is 6.92 Å². The van der Waals surface area contributed by atoms with Gasteiger partial charge in [-0.15, -0.1) is 0 Å². The number of hydrogen-bond acceptors (Lipinski definition) is 4. The van der Waals surface area contributed by atoms with Gasteiger partial charge in [0.15, 0.2) is 8.32 Å². The second kappa shape index (κ2) is 3.66. The Labute approximate surface area is 79.9 Å². The van der Waals surface area contributed by atoms with Crippen LogP contribution >= 0.6 is 0 Å². The van der Waals surface area contributed by atoms with Crippen LogP contribution in [0.4, 0.5) is 0 Å². The van der Waals surface area contributed by atoms with Gasteiger partial charge in [0.05, 0.1) is 0 Å². The van der Waals surface area contributed by atoms with Gasteiger partial charge in [0.2, 0.25) is 0 Å². The molecule has 0 saturated carbocycles. The fraction of sp³-hybridized carbons (Fsp3) is 1.00. The van der Waals surface area contributed by atoms with Crippen LogP contribution in [0.3, 0.4) is 0 Å². The molecule has 0 aliphatic carbocycles. The van der Waals surface area contributed by atoms with E-state index in [0.29, 0.717) is 6.61 Å². The van der Waals surface area contributed by atoms with Crippen molar-refractivity contribution in [3.8, 4) is 0 Å². The van der Waals surface area contributed by atoms with Crippen LogP contribution in [0.2, 0.25) is 19.6 Å². The highest BCUT2D eigenvalue weighted by molar-refractivity contribution is 6.69. The van der Waals surface area contributed by atoms with E-state index in [1.165, 1.54) is 0 Å². The van der Waals surface area contributed by atoms with Crippen LogP contribution in [-0.2, 0) is 14.2 Å². The van der Waals surface area contributed by atoms with Crippen molar-refractivity contribution in [1.82, 2.24) is 0 Å². The molecule has 1 saturated heterocycles. The normalized spacial score (nSPS) is 36.2. The van der Waals surface area contributed by atoms with E-state index in [2.05, 4.69) is 19.6 Å². The maximum atomic E-state index is 9.89. The van der Waals surface area contributed by atoms with Crippen molar-refractivity contribution in [1.29, 1.82) is 0 Å². The summed E-state index contributed by atoms with van der Waals surface area (Å²) in [6.07, 6.45) is -0.270. The van der Waals surface area contributed by atoms with Gasteiger partial charge in [-0.1, -0.05) is 0 Å². The van der Waals surface area contributed by atoms with Gasteiger partial charge in [-0.2, -0.15) is 0 Å². The molecule has 1 aliphatic rings. The molecule has 1 aliphatic heterocycles. The summed E-state index contributed by atoms with van der Waals surface area (Å²) in [6.45, 7) is 8.43. The van der Waals surface area contributed by atoms with Crippen molar-refractivity contribution in [2.75, 3.05) is 13.2 Å². The average molecular weight is 206 g/mol. The Morgan fingerprint density at radius 1 is 1.38 bits per heavy atom. The molecule has 0 bridgehead atoms. The van der Waals surface area contributed by atoms with Crippen molar-refractivity contribution in [2.45, 2.75) is 38.3 Å². The minimum atomic E-state index is -1.63. The average Bonchev–Trinajstić information content (AvgIpc) is 1.91. The summed E-state index contributed by atoms with van der Waals surface area (Å²) in [6, 6.07) is 0. The maximum Gasteiger partial charge on any atom is 0.184 e.